The lowest BCUT2D eigenvalue weighted by Gasteiger charge is -2.41. The third-order valence-electron chi connectivity index (χ3n) is 7.51. The summed E-state index contributed by atoms with van der Waals surface area (Å²) in [6.45, 7) is 6.95. The van der Waals surface area contributed by atoms with Crippen LogP contribution in [0.2, 0.25) is 0 Å². The summed E-state index contributed by atoms with van der Waals surface area (Å²) in [4.78, 5) is 0. The summed E-state index contributed by atoms with van der Waals surface area (Å²) >= 11 is 0. The van der Waals surface area contributed by atoms with E-state index in [4.69, 9.17) is 4.52 Å². The van der Waals surface area contributed by atoms with Crippen LogP contribution in [0.25, 0.3) is 0 Å². The van der Waals surface area contributed by atoms with Gasteiger partial charge in [-0.25, -0.2) is 0 Å². The molecule has 0 aliphatic heterocycles. The van der Waals surface area contributed by atoms with Crippen molar-refractivity contribution in [3.05, 3.63) is 30.3 Å². The molecule has 144 valence electrons. The predicted octanol–water partition coefficient (Wildman–Crippen LogP) is 6.26. The lowest BCUT2D eigenvalue weighted by molar-refractivity contribution is 0.0478. The second kappa shape index (κ2) is 7.44. The molecule has 0 saturated heterocycles. The third kappa shape index (κ3) is 3.45. The van der Waals surface area contributed by atoms with Crippen LogP contribution >= 0.6 is 7.37 Å². The SMILES string of the molecule is CC(C)[C@@H]1CC[C@@H](C)C[C@H]1OP(=O)(c1ccccc1)C1CC2CCC1C2. The normalized spacial score (nSPS) is 39.2. The maximum Gasteiger partial charge on any atom is 0.235 e. The molecule has 1 aromatic rings. The fourth-order valence-electron chi connectivity index (χ4n) is 6.03. The van der Waals surface area contributed by atoms with Gasteiger partial charge < -0.3 is 4.52 Å². The summed E-state index contributed by atoms with van der Waals surface area (Å²) < 4.78 is 21.3. The Balaban J connectivity index is 1.66. The van der Waals surface area contributed by atoms with Gasteiger partial charge >= 0.3 is 0 Å². The molecule has 0 heterocycles. The van der Waals surface area contributed by atoms with Crippen LogP contribution < -0.4 is 5.30 Å². The van der Waals surface area contributed by atoms with Crippen molar-refractivity contribution in [2.24, 2.45) is 29.6 Å². The summed E-state index contributed by atoms with van der Waals surface area (Å²) in [6, 6.07) is 10.2. The molecule has 0 spiro atoms. The molecule has 26 heavy (non-hydrogen) atoms. The summed E-state index contributed by atoms with van der Waals surface area (Å²) in [5.74, 6) is 3.22. The maximum absolute atomic E-state index is 14.5. The Morgan fingerprint density at radius 2 is 1.77 bits per heavy atom. The predicted molar refractivity (Wildman–Crippen MR) is 109 cm³/mol. The average molecular weight is 375 g/mol. The molecule has 0 amide bonds. The molecular weight excluding hydrogens is 339 g/mol. The number of fused-ring (bicyclic) bond motifs is 2. The Morgan fingerprint density at radius 3 is 2.38 bits per heavy atom. The minimum Gasteiger partial charge on any atom is -0.321 e. The largest absolute Gasteiger partial charge is 0.321 e. The van der Waals surface area contributed by atoms with E-state index in [1.54, 1.807) is 0 Å². The van der Waals surface area contributed by atoms with E-state index in [9.17, 15) is 4.57 Å². The van der Waals surface area contributed by atoms with Crippen LogP contribution in [0.5, 0.6) is 0 Å². The molecule has 2 bridgehead atoms. The molecule has 3 aliphatic carbocycles. The molecule has 4 unspecified atom stereocenters. The van der Waals surface area contributed by atoms with Gasteiger partial charge in [0.25, 0.3) is 0 Å². The van der Waals surface area contributed by atoms with Gasteiger partial charge in [-0.3, -0.25) is 4.57 Å². The zero-order chi connectivity index (χ0) is 18.3. The average Bonchev–Trinajstić information content (AvgIpc) is 3.26. The van der Waals surface area contributed by atoms with Gasteiger partial charge in [-0.1, -0.05) is 51.8 Å². The molecular formula is C23H35O2P. The van der Waals surface area contributed by atoms with Crippen LogP contribution in [0.4, 0.5) is 0 Å². The second-order valence-electron chi connectivity index (χ2n) is 9.64. The van der Waals surface area contributed by atoms with Crippen LogP contribution in [0.15, 0.2) is 30.3 Å². The summed E-state index contributed by atoms with van der Waals surface area (Å²) in [5, 5.41) is 0.971. The Morgan fingerprint density at radius 1 is 1.00 bits per heavy atom. The fourth-order valence-corrected chi connectivity index (χ4v) is 9.33. The van der Waals surface area contributed by atoms with E-state index in [0.29, 0.717) is 23.7 Å². The van der Waals surface area contributed by atoms with Crippen molar-refractivity contribution in [1.82, 2.24) is 0 Å². The molecule has 4 rings (SSSR count). The summed E-state index contributed by atoms with van der Waals surface area (Å²) in [5.41, 5.74) is 0.258. The lowest BCUT2D eigenvalue weighted by Crippen LogP contribution is -2.36. The first-order valence-electron chi connectivity index (χ1n) is 10.8. The van der Waals surface area contributed by atoms with Gasteiger partial charge in [0, 0.05) is 11.0 Å². The van der Waals surface area contributed by atoms with Gasteiger partial charge in [0.1, 0.15) is 0 Å². The first kappa shape index (κ1) is 18.8. The first-order valence-corrected chi connectivity index (χ1v) is 12.5. The van der Waals surface area contributed by atoms with Crippen LogP contribution in [0.3, 0.4) is 0 Å². The maximum atomic E-state index is 14.5. The number of hydrogen-bond acceptors (Lipinski definition) is 2. The first-order chi connectivity index (χ1) is 12.5. The van der Waals surface area contributed by atoms with Gasteiger partial charge in [-0.15, -0.1) is 0 Å². The lowest BCUT2D eigenvalue weighted by atomic mass is 9.75. The molecule has 7 atom stereocenters. The van der Waals surface area contributed by atoms with E-state index in [-0.39, 0.29) is 11.8 Å². The Hall–Kier alpha value is -0.590. The van der Waals surface area contributed by atoms with Crippen LogP contribution in [-0.4, -0.2) is 11.8 Å². The van der Waals surface area contributed by atoms with Crippen molar-refractivity contribution in [3.63, 3.8) is 0 Å². The second-order valence-corrected chi connectivity index (χ2v) is 12.2. The Labute approximate surface area is 159 Å². The van der Waals surface area contributed by atoms with E-state index in [1.807, 2.05) is 18.2 Å². The zero-order valence-corrected chi connectivity index (χ0v) is 17.5. The molecule has 3 saturated carbocycles. The van der Waals surface area contributed by atoms with E-state index < -0.39 is 7.37 Å². The van der Waals surface area contributed by atoms with Gasteiger partial charge in [-0.2, -0.15) is 0 Å². The van der Waals surface area contributed by atoms with Crippen LogP contribution in [0.1, 0.15) is 65.7 Å². The van der Waals surface area contributed by atoms with Crippen molar-refractivity contribution >= 4 is 12.7 Å². The van der Waals surface area contributed by atoms with Gasteiger partial charge in [0.15, 0.2) is 0 Å². The number of hydrogen-bond donors (Lipinski definition) is 0. The molecule has 3 fully saturated rings. The monoisotopic (exact) mass is 374 g/mol. The van der Waals surface area contributed by atoms with Crippen LogP contribution in [-0.2, 0) is 9.09 Å². The minimum atomic E-state index is -2.83. The molecule has 0 aromatic heterocycles. The Kier molecular flexibility index (Phi) is 5.37. The molecule has 0 radical (unpaired) electrons. The molecule has 3 aliphatic rings. The highest BCUT2D eigenvalue weighted by Crippen LogP contribution is 2.65. The summed E-state index contributed by atoms with van der Waals surface area (Å²) in [7, 11) is -2.83. The van der Waals surface area contributed by atoms with E-state index in [2.05, 4.69) is 32.9 Å². The van der Waals surface area contributed by atoms with Crippen molar-refractivity contribution in [2.75, 3.05) is 0 Å². The summed E-state index contributed by atoms with van der Waals surface area (Å²) in [6.07, 6.45) is 8.71. The van der Waals surface area contributed by atoms with E-state index in [0.717, 1.165) is 24.1 Å². The Bertz CT molecular complexity index is 655. The van der Waals surface area contributed by atoms with E-state index in [1.165, 1.54) is 32.1 Å². The highest BCUT2D eigenvalue weighted by atomic mass is 31.2. The number of rotatable bonds is 5. The molecule has 0 N–H and O–H groups in total. The highest BCUT2D eigenvalue weighted by Gasteiger charge is 2.51. The smallest absolute Gasteiger partial charge is 0.235 e. The molecule has 2 nitrogen and oxygen atoms in total. The standard InChI is InChI=1S/C23H35O2P/c1-16(2)21-12-9-17(3)13-22(21)25-26(24,20-7-5-4-6-8-20)23-15-18-10-11-19(23)14-18/h4-8,16-19,21-23H,9-15H2,1-3H3/t17-,18?,19?,21+,22-,23?,26?/m1/s1. The fraction of sp³-hybridized carbons (Fsp3) is 0.739. The minimum absolute atomic E-state index is 0.156. The molecule has 1 aromatic carbocycles. The highest BCUT2D eigenvalue weighted by molar-refractivity contribution is 7.67. The number of benzene rings is 1. The van der Waals surface area contributed by atoms with E-state index >= 15 is 0 Å². The van der Waals surface area contributed by atoms with Crippen molar-refractivity contribution < 1.29 is 9.09 Å². The topological polar surface area (TPSA) is 26.3 Å². The van der Waals surface area contributed by atoms with Gasteiger partial charge in [-0.05, 0) is 73.8 Å². The van der Waals surface area contributed by atoms with Crippen molar-refractivity contribution in [1.29, 1.82) is 0 Å². The van der Waals surface area contributed by atoms with Gasteiger partial charge in [0.2, 0.25) is 7.37 Å². The van der Waals surface area contributed by atoms with Gasteiger partial charge in [0.05, 0.1) is 6.10 Å². The third-order valence-corrected chi connectivity index (χ3v) is 10.6. The van der Waals surface area contributed by atoms with Crippen LogP contribution in [0, 0.1) is 29.6 Å². The quantitative estimate of drug-likeness (QED) is 0.569. The van der Waals surface area contributed by atoms with Crippen molar-refractivity contribution in [3.8, 4) is 0 Å². The van der Waals surface area contributed by atoms with Crippen molar-refractivity contribution in [2.45, 2.75) is 77.5 Å². The molecule has 3 heteroatoms. The zero-order valence-electron chi connectivity index (χ0n) is 16.6.